The van der Waals surface area contributed by atoms with Gasteiger partial charge in [-0.2, -0.15) is 0 Å². The molecule has 0 aliphatic carbocycles. The molecule has 0 bridgehead atoms. The van der Waals surface area contributed by atoms with Gasteiger partial charge in [0.25, 0.3) is 0 Å². The van der Waals surface area contributed by atoms with Crippen LogP contribution in [0, 0.1) is 0 Å². The molecule has 0 aliphatic rings. The quantitative estimate of drug-likeness (QED) is 0.828. The van der Waals surface area contributed by atoms with Crippen molar-refractivity contribution >= 4 is 5.82 Å². The molecule has 78 valence electrons. The molecule has 1 N–H and O–H groups in total. The third kappa shape index (κ3) is 2.37. The van der Waals surface area contributed by atoms with E-state index in [1.54, 1.807) is 18.7 Å². The predicted molar refractivity (Wildman–Crippen MR) is 59.6 cm³/mol. The second-order valence-corrected chi connectivity index (χ2v) is 3.35. The minimum absolute atomic E-state index is 0.751. The van der Waals surface area contributed by atoms with E-state index in [0.29, 0.717) is 0 Å². The minimum atomic E-state index is 0.751. The number of aryl methyl sites for hydroxylation is 1. The van der Waals surface area contributed by atoms with E-state index in [1.807, 2.05) is 12.1 Å². The highest BCUT2D eigenvalue weighted by Gasteiger charge is 2.00. The molecule has 0 atom stereocenters. The van der Waals surface area contributed by atoms with Crippen molar-refractivity contribution in [2.75, 3.05) is 5.32 Å². The van der Waals surface area contributed by atoms with Gasteiger partial charge >= 0.3 is 0 Å². The summed E-state index contributed by atoms with van der Waals surface area (Å²) < 4.78 is 5.00. The van der Waals surface area contributed by atoms with Gasteiger partial charge in [0.05, 0.1) is 12.5 Å². The highest BCUT2D eigenvalue weighted by Crippen LogP contribution is 2.13. The molecule has 15 heavy (non-hydrogen) atoms. The standard InChI is InChI=1S/C12H14N2O/c1-2-11-4-3-6-13-12(11)14-8-10-5-7-15-9-10/h3-7,9H,2,8H2,1H3,(H,13,14). The summed E-state index contributed by atoms with van der Waals surface area (Å²) in [5.41, 5.74) is 2.36. The Morgan fingerprint density at radius 2 is 2.33 bits per heavy atom. The largest absolute Gasteiger partial charge is 0.472 e. The second kappa shape index (κ2) is 4.64. The summed E-state index contributed by atoms with van der Waals surface area (Å²) in [7, 11) is 0. The fraction of sp³-hybridized carbons (Fsp3) is 0.250. The Morgan fingerprint density at radius 3 is 3.07 bits per heavy atom. The molecular formula is C12H14N2O. The van der Waals surface area contributed by atoms with Crippen molar-refractivity contribution in [3.8, 4) is 0 Å². The number of furan rings is 1. The van der Waals surface area contributed by atoms with E-state index in [0.717, 1.165) is 24.3 Å². The van der Waals surface area contributed by atoms with Crippen LogP contribution in [0.1, 0.15) is 18.1 Å². The first kappa shape index (κ1) is 9.77. The van der Waals surface area contributed by atoms with Gasteiger partial charge in [-0.15, -0.1) is 0 Å². The number of nitrogens with one attached hydrogen (secondary N) is 1. The molecule has 0 unspecified atom stereocenters. The average molecular weight is 202 g/mol. The van der Waals surface area contributed by atoms with Crippen LogP contribution in [0.2, 0.25) is 0 Å². The van der Waals surface area contributed by atoms with Crippen LogP contribution in [0.3, 0.4) is 0 Å². The number of nitrogens with zero attached hydrogens (tertiary/aromatic N) is 1. The van der Waals surface area contributed by atoms with Crippen LogP contribution >= 0.6 is 0 Å². The van der Waals surface area contributed by atoms with Crippen molar-refractivity contribution in [1.82, 2.24) is 4.98 Å². The zero-order valence-corrected chi connectivity index (χ0v) is 8.73. The molecule has 3 nitrogen and oxygen atoms in total. The highest BCUT2D eigenvalue weighted by molar-refractivity contribution is 5.43. The van der Waals surface area contributed by atoms with E-state index in [-0.39, 0.29) is 0 Å². The Kier molecular flexibility index (Phi) is 3.02. The Labute approximate surface area is 89.1 Å². The molecule has 2 aromatic rings. The second-order valence-electron chi connectivity index (χ2n) is 3.35. The van der Waals surface area contributed by atoms with Crippen molar-refractivity contribution < 1.29 is 4.42 Å². The SMILES string of the molecule is CCc1cccnc1NCc1ccoc1. The zero-order chi connectivity index (χ0) is 10.5. The van der Waals surface area contributed by atoms with Gasteiger partial charge in [-0.1, -0.05) is 13.0 Å². The van der Waals surface area contributed by atoms with Crippen LogP contribution in [0.5, 0.6) is 0 Å². The summed E-state index contributed by atoms with van der Waals surface area (Å²) in [4.78, 5) is 4.31. The fourth-order valence-electron chi connectivity index (χ4n) is 1.46. The summed E-state index contributed by atoms with van der Waals surface area (Å²) in [6, 6.07) is 5.99. The molecule has 0 aliphatic heterocycles. The van der Waals surface area contributed by atoms with Crippen molar-refractivity contribution in [2.45, 2.75) is 19.9 Å². The van der Waals surface area contributed by atoms with Gasteiger partial charge < -0.3 is 9.73 Å². The van der Waals surface area contributed by atoms with E-state index in [1.165, 1.54) is 5.56 Å². The van der Waals surface area contributed by atoms with Crippen molar-refractivity contribution in [2.24, 2.45) is 0 Å². The van der Waals surface area contributed by atoms with E-state index >= 15 is 0 Å². The molecule has 0 spiro atoms. The van der Waals surface area contributed by atoms with Gasteiger partial charge in [-0.25, -0.2) is 4.98 Å². The van der Waals surface area contributed by atoms with Crippen molar-refractivity contribution in [3.63, 3.8) is 0 Å². The number of hydrogen-bond acceptors (Lipinski definition) is 3. The van der Waals surface area contributed by atoms with Crippen LogP contribution in [0.25, 0.3) is 0 Å². The van der Waals surface area contributed by atoms with Gasteiger partial charge in [-0.05, 0) is 24.1 Å². The third-order valence-corrected chi connectivity index (χ3v) is 2.31. The summed E-state index contributed by atoms with van der Waals surface area (Å²) in [6.07, 6.45) is 6.20. The van der Waals surface area contributed by atoms with Gasteiger partial charge in [0.2, 0.25) is 0 Å². The molecule has 0 saturated heterocycles. The summed E-state index contributed by atoms with van der Waals surface area (Å²) in [5, 5.41) is 3.30. The zero-order valence-electron chi connectivity index (χ0n) is 8.73. The summed E-state index contributed by atoms with van der Waals surface area (Å²) in [6.45, 7) is 2.88. The maximum absolute atomic E-state index is 5.00. The number of hydrogen-bond donors (Lipinski definition) is 1. The molecule has 0 amide bonds. The van der Waals surface area contributed by atoms with Crippen LogP contribution in [0.15, 0.2) is 41.3 Å². The lowest BCUT2D eigenvalue weighted by Gasteiger charge is -2.07. The molecule has 2 heterocycles. The molecular weight excluding hydrogens is 188 g/mol. The van der Waals surface area contributed by atoms with Crippen molar-refractivity contribution in [1.29, 1.82) is 0 Å². The Morgan fingerprint density at radius 1 is 1.40 bits per heavy atom. The van der Waals surface area contributed by atoms with Crippen LogP contribution in [0.4, 0.5) is 5.82 Å². The van der Waals surface area contributed by atoms with E-state index in [9.17, 15) is 0 Å². The molecule has 2 aromatic heterocycles. The molecule has 0 aromatic carbocycles. The molecule has 2 rings (SSSR count). The normalized spacial score (nSPS) is 10.2. The fourth-order valence-corrected chi connectivity index (χ4v) is 1.46. The van der Waals surface area contributed by atoms with Gasteiger partial charge in [0.15, 0.2) is 0 Å². The Bertz CT molecular complexity index is 409. The lowest BCUT2D eigenvalue weighted by Crippen LogP contribution is -2.03. The maximum Gasteiger partial charge on any atom is 0.129 e. The molecule has 0 radical (unpaired) electrons. The summed E-state index contributed by atoms with van der Waals surface area (Å²) >= 11 is 0. The Balaban J connectivity index is 2.04. The van der Waals surface area contributed by atoms with Gasteiger partial charge in [0.1, 0.15) is 5.82 Å². The third-order valence-electron chi connectivity index (χ3n) is 2.31. The van der Waals surface area contributed by atoms with E-state index in [2.05, 4.69) is 23.3 Å². The first-order chi connectivity index (χ1) is 7.40. The van der Waals surface area contributed by atoms with Crippen LogP contribution in [-0.4, -0.2) is 4.98 Å². The predicted octanol–water partition coefficient (Wildman–Crippen LogP) is 2.85. The average Bonchev–Trinajstić information content (AvgIpc) is 2.79. The smallest absolute Gasteiger partial charge is 0.129 e. The number of aromatic nitrogens is 1. The minimum Gasteiger partial charge on any atom is -0.472 e. The monoisotopic (exact) mass is 202 g/mol. The van der Waals surface area contributed by atoms with Crippen LogP contribution in [-0.2, 0) is 13.0 Å². The van der Waals surface area contributed by atoms with E-state index < -0.39 is 0 Å². The molecule has 0 saturated carbocycles. The maximum atomic E-state index is 5.00. The lowest BCUT2D eigenvalue weighted by molar-refractivity contribution is 0.564. The topological polar surface area (TPSA) is 38.1 Å². The van der Waals surface area contributed by atoms with Crippen molar-refractivity contribution in [3.05, 3.63) is 48.0 Å². The molecule has 3 heteroatoms. The highest BCUT2D eigenvalue weighted by atomic mass is 16.3. The lowest BCUT2D eigenvalue weighted by atomic mass is 10.2. The number of rotatable bonds is 4. The summed E-state index contributed by atoms with van der Waals surface area (Å²) in [5.74, 6) is 0.959. The number of anilines is 1. The Hall–Kier alpha value is -1.77. The van der Waals surface area contributed by atoms with Crippen LogP contribution < -0.4 is 5.32 Å². The number of pyridine rings is 1. The van der Waals surface area contributed by atoms with E-state index in [4.69, 9.17) is 4.42 Å². The first-order valence-corrected chi connectivity index (χ1v) is 5.09. The molecule has 0 fully saturated rings. The first-order valence-electron chi connectivity index (χ1n) is 5.09. The van der Waals surface area contributed by atoms with Gasteiger partial charge in [-0.3, -0.25) is 0 Å². The van der Waals surface area contributed by atoms with Gasteiger partial charge in [0, 0.05) is 18.3 Å².